The van der Waals surface area contributed by atoms with Gasteiger partial charge >= 0.3 is 0 Å². The van der Waals surface area contributed by atoms with E-state index in [0.717, 1.165) is 70.0 Å². The number of hydrogen-bond donors (Lipinski definition) is 0. The molecule has 0 atom stereocenters. The van der Waals surface area contributed by atoms with Gasteiger partial charge in [-0.2, -0.15) is 0 Å². The molecule has 3 nitrogen and oxygen atoms in total. The van der Waals surface area contributed by atoms with E-state index in [1.165, 1.54) is 59.2 Å². The topological polar surface area (TPSA) is 32.7 Å². The minimum atomic E-state index is 0.319. The summed E-state index contributed by atoms with van der Waals surface area (Å²) >= 11 is 0. The van der Waals surface area contributed by atoms with Crippen LogP contribution in [0.15, 0.2) is 99.9 Å². The Labute approximate surface area is 253 Å². The Kier molecular flexibility index (Phi) is 10.8. The molecule has 3 heteroatoms. The average molecular weight is 561 g/mol. The molecule has 42 heavy (non-hydrogen) atoms. The van der Waals surface area contributed by atoms with Gasteiger partial charge in [0.25, 0.3) is 0 Å². The van der Waals surface area contributed by atoms with E-state index >= 15 is 0 Å². The quantitative estimate of drug-likeness (QED) is 0.188. The van der Waals surface area contributed by atoms with Crippen molar-refractivity contribution in [1.82, 2.24) is 4.90 Å². The van der Waals surface area contributed by atoms with Crippen molar-refractivity contribution >= 4 is 23.6 Å². The number of unbranched alkanes of at least 4 members (excludes halogenated alkanes) is 1. The molecule has 2 aliphatic heterocycles. The van der Waals surface area contributed by atoms with Crippen molar-refractivity contribution in [2.45, 2.75) is 90.9 Å². The number of ketones is 1. The Hall–Kier alpha value is -3.46. The van der Waals surface area contributed by atoms with Crippen LogP contribution in [0.3, 0.4) is 0 Å². The molecule has 5 rings (SSSR count). The van der Waals surface area contributed by atoms with Gasteiger partial charge in [0.2, 0.25) is 0 Å². The maximum Gasteiger partial charge on any atom is 0.161 e. The highest BCUT2D eigenvalue weighted by molar-refractivity contribution is 5.98. The highest BCUT2D eigenvalue weighted by atomic mass is 16.1. The van der Waals surface area contributed by atoms with Gasteiger partial charge in [0.15, 0.2) is 5.78 Å². The van der Waals surface area contributed by atoms with E-state index in [4.69, 9.17) is 0 Å². The summed E-state index contributed by atoms with van der Waals surface area (Å²) in [5.74, 6) is 0.737. The van der Waals surface area contributed by atoms with Crippen molar-refractivity contribution in [2.24, 2.45) is 10.9 Å². The summed E-state index contributed by atoms with van der Waals surface area (Å²) in [6.45, 7) is 6.44. The van der Waals surface area contributed by atoms with E-state index in [1.54, 1.807) is 5.57 Å². The van der Waals surface area contributed by atoms with Crippen LogP contribution < -0.4 is 0 Å². The van der Waals surface area contributed by atoms with E-state index in [-0.39, 0.29) is 0 Å². The second kappa shape index (κ2) is 15.1. The monoisotopic (exact) mass is 560 g/mol. The van der Waals surface area contributed by atoms with Gasteiger partial charge in [-0.1, -0.05) is 86.9 Å². The summed E-state index contributed by atoms with van der Waals surface area (Å²) in [4.78, 5) is 19.7. The molecule has 4 aliphatic rings. The number of nitrogens with zero attached hydrogens (tertiary/aromatic N) is 2. The predicted octanol–water partition coefficient (Wildman–Crippen LogP) is 9.96. The average Bonchev–Trinajstić information content (AvgIpc) is 3.85. The van der Waals surface area contributed by atoms with Gasteiger partial charge < -0.3 is 4.90 Å². The lowest BCUT2D eigenvalue weighted by Crippen LogP contribution is -2.28. The minimum Gasteiger partial charge on any atom is -0.371 e. The zero-order chi connectivity index (χ0) is 29.1. The van der Waals surface area contributed by atoms with E-state index in [1.807, 2.05) is 12.4 Å². The predicted molar refractivity (Wildman–Crippen MR) is 179 cm³/mol. The highest BCUT2D eigenvalue weighted by Crippen LogP contribution is 2.37. The molecule has 0 aromatic heterocycles. The molecule has 0 amide bonds. The molecule has 1 aromatic rings. The van der Waals surface area contributed by atoms with Crippen LogP contribution in [0.25, 0.3) is 11.6 Å². The molecule has 220 valence electrons. The number of carbonyl (C=O) groups is 1. The van der Waals surface area contributed by atoms with E-state index in [0.29, 0.717) is 11.7 Å². The lowest BCUT2D eigenvalue weighted by molar-refractivity contribution is -0.116. The van der Waals surface area contributed by atoms with Gasteiger partial charge in [0.05, 0.1) is 0 Å². The zero-order valence-corrected chi connectivity index (χ0v) is 25.8. The van der Waals surface area contributed by atoms with Crippen molar-refractivity contribution in [3.63, 3.8) is 0 Å². The Morgan fingerprint density at radius 1 is 1.02 bits per heavy atom. The molecule has 0 radical (unpaired) electrons. The molecule has 1 saturated carbocycles. The van der Waals surface area contributed by atoms with Crippen LogP contribution in [0.2, 0.25) is 0 Å². The van der Waals surface area contributed by atoms with Crippen molar-refractivity contribution in [3.8, 4) is 0 Å². The van der Waals surface area contributed by atoms with E-state index in [9.17, 15) is 4.79 Å². The number of Topliss-reactive ketones (excluding diaryl/α,β-unsaturated/α-hetero) is 1. The van der Waals surface area contributed by atoms with Gasteiger partial charge in [-0.15, -0.1) is 0 Å². The Bertz CT molecular complexity index is 1350. The van der Waals surface area contributed by atoms with Crippen LogP contribution in [0, 0.1) is 5.92 Å². The van der Waals surface area contributed by atoms with Crippen LogP contribution in [-0.4, -0.2) is 30.0 Å². The molecule has 2 heterocycles. The summed E-state index contributed by atoms with van der Waals surface area (Å²) in [6, 6.07) is 9.00. The van der Waals surface area contributed by atoms with Gasteiger partial charge in [-0.25, -0.2) is 0 Å². The van der Waals surface area contributed by atoms with Crippen LogP contribution in [0.4, 0.5) is 0 Å². The fourth-order valence-corrected chi connectivity index (χ4v) is 6.31. The van der Waals surface area contributed by atoms with Crippen LogP contribution >= 0.6 is 0 Å². The van der Waals surface area contributed by atoms with Crippen LogP contribution in [0.1, 0.15) is 102 Å². The van der Waals surface area contributed by atoms with Crippen molar-refractivity contribution in [2.75, 3.05) is 13.1 Å². The van der Waals surface area contributed by atoms with E-state index in [2.05, 4.69) is 90.5 Å². The number of fused-ring (bicyclic) bond motifs is 1. The molecule has 0 spiro atoms. The molecule has 0 saturated heterocycles. The van der Waals surface area contributed by atoms with Gasteiger partial charge in [0.1, 0.15) is 0 Å². The number of benzene rings is 1. The summed E-state index contributed by atoms with van der Waals surface area (Å²) in [5, 5.41) is 0. The third-order valence-corrected chi connectivity index (χ3v) is 8.74. The molecular formula is C39H48N2O. The molecule has 2 aliphatic carbocycles. The van der Waals surface area contributed by atoms with Gasteiger partial charge in [0, 0.05) is 42.7 Å². The second-order valence-corrected chi connectivity index (χ2v) is 12.1. The molecule has 0 unspecified atom stereocenters. The van der Waals surface area contributed by atoms with Crippen molar-refractivity contribution in [1.29, 1.82) is 0 Å². The third-order valence-electron chi connectivity index (χ3n) is 8.74. The minimum absolute atomic E-state index is 0.319. The first-order valence-electron chi connectivity index (χ1n) is 16.4. The van der Waals surface area contributed by atoms with Crippen molar-refractivity contribution in [3.05, 3.63) is 106 Å². The second-order valence-electron chi connectivity index (χ2n) is 12.1. The first kappa shape index (κ1) is 30.0. The summed E-state index contributed by atoms with van der Waals surface area (Å²) < 4.78 is 0. The smallest absolute Gasteiger partial charge is 0.161 e. The maximum absolute atomic E-state index is 12.6. The Morgan fingerprint density at radius 2 is 1.83 bits per heavy atom. The van der Waals surface area contributed by atoms with Gasteiger partial charge in [-0.05, 0) is 104 Å². The first-order valence-corrected chi connectivity index (χ1v) is 16.4. The van der Waals surface area contributed by atoms with Gasteiger partial charge in [-0.3, -0.25) is 9.79 Å². The molecular weight excluding hydrogens is 512 g/mol. The normalized spacial score (nSPS) is 20.2. The number of carbonyl (C=O) groups excluding carboxylic acids is 1. The summed E-state index contributed by atoms with van der Waals surface area (Å²) in [7, 11) is 0. The lowest BCUT2D eigenvalue weighted by atomic mass is 9.88. The third kappa shape index (κ3) is 8.09. The Balaban J connectivity index is 1.23. The Morgan fingerprint density at radius 3 is 2.60 bits per heavy atom. The van der Waals surface area contributed by atoms with Crippen LogP contribution in [-0.2, 0) is 4.79 Å². The fraction of sp³-hybridized carbons (Fsp3) is 0.436. The standard InChI is InChI=1S/C39H48N2O/c1-3-10-30(11-4-2)12-6-5-7-13-31-16-18-32(19-17-31)35-22-23-36-29-40-25-24-38(37(36)28-35)41-26-8-14-33(15-9-27-41)39(42)34-20-21-34/h7,12-14,16-19,22,24-25,28-29,34H,3-6,8-11,15,20-21,23,26-27H2,1-2H3/b13-7+,33-14-. The number of aliphatic imine (C=N–C) groups is 1. The number of rotatable bonds is 12. The van der Waals surface area contributed by atoms with E-state index < -0.39 is 0 Å². The lowest BCUT2D eigenvalue weighted by Gasteiger charge is -2.31. The van der Waals surface area contributed by atoms with Crippen LogP contribution in [0.5, 0.6) is 0 Å². The SMILES string of the molecule is CCCC(=CCC/C=C/c1ccc(C2=CCC3=CN=CC=C(N4CC/C=C(\C(=O)C5CC5)CCC4)C3=C2)cc1)CCC. The largest absolute Gasteiger partial charge is 0.371 e. The highest BCUT2D eigenvalue weighted by Gasteiger charge is 2.32. The summed E-state index contributed by atoms with van der Waals surface area (Å²) in [5.41, 5.74) is 10.3. The van der Waals surface area contributed by atoms with Crippen molar-refractivity contribution < 1.29 is 4.79 Å². The molecule has 0 bridgehead atoms. The number of hydrogen-bond acceptors (Lipinski definition) is 3. The summed E-state index contributed by atoms with van der Waals surface area (Å²) in [6.07, 6.45) is 33.2. The maximum atomic E-state index is 12.6. The first-order chi connectivity index (χ1) is 20.7. The number of allylic oxidation sites excluding steroid dienone is 9. The molecule has 1 fully saturated rings. The molecule has 1 aromatic carbocycles. The fourth-order valence-electron chi connectivity index (χ4n) is 6.31. The molecule has 0 N–H and O–H groups in total. The zero-order valence-electron chi connectivity index (χ0n) is 25.8.